The van der Waals surface area contributed by atoms with E-state index in [0.717, 1.165) is 9.87 Å². The predicted octanol–water partition coefficient (Wildman–Crippen LogP) is 1.65. The highest BCUT2D eigenvalue weighted by Crippen LogP contribution is 2.25. The first-order valence-electron chi connectivity index (χ1n) is 8.89. The van der Waals surface area contributed by atoms with E-state index in [2.05, 4.69) is 4.98 Å². The number of morpholine rings is 1. The van der Waals surface area contributed by atoms with Crippen LogP contribution in [0.15, 0.2) is 57.4 Å². The van der Waals surface area contributed by atoms with Crippen LogP contribution in [0.25, 0.3) is 0 Å². The Bertz CT molecular complexity index is 1050. The fourth-order valence-electron chi connectivity index (χ4n) is 2.70. The molecule has 0 aliphatic carbocycles. The zero-order chi connectivity index (χ0) is 21.1. The summed E-state index contributed by atoms with van der Waals surface area (Å²) in [6.07, 6.45) is 1.33. The van der Waals surface area contributed by atoms with E-state index in [1.807, 2.05) is 6.07 Å². The van der Waals surface area contributed by atoms with Gasteiger partial charge in [0.05, 0.1) is 23.1 Å². The average molecular weight is 458 g/mol. The minimum atomic E-state index is -3.54. The molecule has 0 amide bonds. The highest BCUT2D eigenvalue weighted by molar-refractivity contribution is 7.98. The van der Waals surface area contributed by atoms with Gasteiger partial charge in [-0.1, -0.05) is 12.1 Å². The molecule has 29 heavy (non-hydrogen) atoms. The topological polar surface area (TPSA) is 96.9 Å². The third-order valence-electron chi connectivity index (χ3n) is 4.38. The van der Waals surface area contributed by atoms with Gasteiger partial charge in [0.1, 0.15) is 4.90 Å². The van der Waals surface area contributed by atoms with Crippen LogP contribution in [0.3, 0.4) is 0 Å². The third kappa shape index (κ3) is 5.16. The van der Waals surface area contributed by atoms with Gasteiger partial charge in [-0.05, 0) is 29.8 Å². The maximum absolute atomic E-state index is 12.8. The van der Waals surface area contributed by atoms with Crippen molar-refractivity contribution in [2.45, 2.75) is 20.6 Å². The van der Waals surface area contributed by atoms with Gasteiger partial charge in [-0.25, -0.2) is 26.1 Å². The van der Waals surface area contributed by atoms with Crippen molar-refractivity contribution in [1.82, 2.24) is 13.6 Å². The zero-order valence-corrected chi connectivity index (χ0v) is 18.6. The smallest absolute Gasteiger partial charge is 0.244 e. The van der Waals surface area contributed by atoms with Gasteiger partial charge in [0.15, 0.2) is 0 Å². The lowest BCUT2D eigenvalue weighted by Crippen LogP contribution is -2.40. The van der Waals surface area contributed by atoms with Gasteiger partial charge in [0.2, 0.25) is 20.0 Å². The van der Waals surface area contributed by atoms with Crippen LogP contribution in [0.5, 0.6) is 0 Å². The molecule has 1 saturated heterocycles. The molecular weight excluding hydrogens is 434 g/mol. The molecular formula is C18H23N3O5S3. The molecule has 158 valence electrons. The lowest BCUT2D eigenvalue weighted by molar-refractivity contribution is 0.0730. The summed E-state index contributed by atoms with van der Waals surface area (Å²) in [5.74, 6) is 0.513. The second-order valence-corrected chi connectivity index (χ2v) is 11.7. The standard InChI is InChI=1S/C18H23N3O5S3/c1-20(2)28(22,23)17-6-7-18(19-13-17)27-14-15-4-3-5-16(12-15)29(24,25)21-8-10-26-11-9-21/h3-7,12-13H,8-11,14H2,1-2H3. The highest BCUT2D eigenvalue weighted by atomic mass is 32.2. The lowest BCUT2D eigenvalue weighted by Gasteiger charge is -2.26. The van der Waals surface area contributed by atoms with Crippen molar-refractivity contribution in [2.75, 3.05) is 40.4 Å². The Balaban J connectivity index is 1.70. The van der Waals surface area contributed by atoms with E-state index in [-0.39, 0.29) is 9.79 Å². The molecule has 8 nitrogen and oxygen atoms in total. The molecule has 0 unspecified atom stereocenters. The number of rotatable bonds is 7. The molecule has 0 atom stereocenters. The number of pyridine rings is 1. The first kappa shape index (κ1) is 22.2. The molecule has 0 spiro atoms. The van der Waals surface area contributed by atoms with Gasteiger partial charge in [-0.15, -0.1) is 11.8 Å². The number of aromatic nitrogens is 1. The van der Waals surface area contributed by atoms with Gasteiger partial charge in [0, 0.05) is 39.1 Å². The summed E-state index contributed by atoms with van der Waals surface area (Å²) in [5, 5.41) is 0.657. The van der Waals surface area contributed by atoms with E-state index in [9.17, 15) is 16.8 Å². The molecule has 2 aromatic rings. The van der Waals surface area contributed by atoms with Gasteiger partial charge in [-0.2, -0.15) is 4.31 Å². The van der Waals surface area contributed by atoms with E-state index >= 15 is 0 Å². The normalized spacial score (nSPS) is 16.2. The number of ether oxygens (including phenoxy) is 1. The van der Waals surface area contributed by atoms with Crippen molar-refractivity contribution >= 4 is 31.8 Å². The van der Waals surface area contributed by atoms with Crippen LogP contribution >= 0.6 is 11.8 Å². The van der Waals surface area contributed by atoms with Gasteiger partial charge in [0.25, 0.3) is 0 Å². The second kappa shape index (κ2) is 9.11. The molecule has 11 heteroatoms. The van der Waals surface area contributed by atoms with E-state index in [1.165, 1.54) is 42.4 Å². The van der Waals surface area contributed by atoms with Gasteiger partial charge < -0.3 is 4.74 Å². The number of sulfonamides is 2. The highest BCUT2D eigenvalue weighted by Gasteiger charge is 2.26. The zero-order valence-electron chi connectivity index (χ0n) is 16.2. The molecule has 0 bridgehead atoms. The molecule has 2 heterocycles. The Morgan fingerprint density at radius 3 is 2.41 bits per heavy atom. The fourth-order valence-corrected chi connectivity index (χ4v) is 5.82. The number of hydrogen-bond donors (Lipinski definition) is 0. The van der Waals surface area contributed by atoms with Gasteiger partial charge >= 0.3 is 0 Å². The summed E-state index contributed by atoms with van der Waals surface area (Å²) in [6.45, 7) is 1.51. The van der Waals surface area contributed by atoms with E-state index in [0.29, 0.717) is 37.1 Å². The van der Waals surface area contributed by atoms with Crippen molar-refractivity contribution in [3.63, 3.8) is 0 Å². The summed E-state index contributed by atoms with van der Waals surface area (Å²) in [5.41, 5.74) is 0.844. The summed E-state index contributed by atoms with van der Waals surface area (Å²) in [4.78, 5) is 4.60. The van der Waals surface area contributed by atoms with E-state index in [4.69, 9.17) is 4.74 Å². The van der Waals surface area contributed by atoms with Crippen LogP contribution < -0.4 is 0 Å². The Hall–Kier alpha value is -1.50. The van der Waals surface area contributed by atoms with Crippen LogP contribution in [0, 0.1) is 0 Å². The van der Waals surface area contributed by atoms with Crippen molar-refractivity contribution in [2.24, 2.45) is 0 Å². The monoisotopic (exact) mass is 457 g/mol. The molecule has 0 saturated carbocycles. The fraction of sp³-hybridized carbons (Fsp3) is 0.389. The van der Waals surface area contributed by atoms with Crippen molar-refractivity contribution in [1.29, 1.82) is 0 Å². The SMILES string of the molecule is CN(C)S(=O)(=O)c1ccc(SCc2cccc(S(=O)(=O)N3CCOCC3)c2)nc1. The minimum absolute atomic E-state index is 0.130. The van der Waals surface area contributed by atoms with Crippen LogP contribution in [0.1, 0.15) is 5.56 Å². The summed E-state index contributed by atoms with van der Waals surface area (Å²) in [7, 11) is -4.12. The molecule has 1 aromatic carbocycles. The quantitative estimate of drug-likeness (QED) is 0.583. The van der Waals surface area contributed by atoms with Crippen molar-refractivity contribution < 1.29 is 21.6 Å². The molecule has 0 radical (unpaired) electrons. The number of nitrogens with zero attached hydrogens (tertiary/aromatic N) is 3. The molecule has 1 aromatic heterocycles. The Labute approximate surface area is 176 Å². The Morgan fingerprint density at radius 1 is 1.07 bits per heavy atom. The minimum Gasteiger partial charge on any atom is -0.379 e. The molecule has 1 fully saturated rings. The van der Waals surface area contributed by atoms with Crippen LogP contribution in [0.2, 0.25) is 0 Å². The van der Waals surface area contributed by atoms with E-state index < -0.39 is 20.0 Å². The Morgan fingerprint density at radius 2 is 1.79 bits per heavy atom. The van der Waals surface area contributed by atoms with Crippen LogP contribution in [-0.4, -0.2) is 70.8 Å². The first-order valence-corrected chi connectivity index (χ1v) is 12.8. The molecule has 1 aliphatic heterocycles. The predicted molar refractivity (Wildman–Crippen MR) is 111 cm³/mol. The van der Waals surface area contributed by atoms with Crippen LogP contribution in [0.4, 0.5) is 0 Å². The maximum atomic E-state index is 12.8. The maximum Gasteiger partial charge on any atom is 0.244 e. The number of hydrogen-bond acceptors (Lipinski definition) is 7. The largest absolute Gasteiger partial charge is 0.379 e. The van der Waals surface area contributed by atoms with Crippen LogP contribution in [-0.2, 0) is 30.5 Å². The lowest BCUT2D eigenvalue weighted by atomic mass is 10.2. The van der Waals surface area contributed by atoms with Crippen molar-refractivity contribution in [3.8, 4) is 0 Å². The summed E-state index contributed by atoms with van der Waals surface area (Å²) in [6, 6.07) is 10.0. The molecule has 1 aliphatic rings. The molecule has 0 N–H and O–H groups in total. The van der Waals surface area contributed by atoms with Gasteiger partial charge in [-0.3, -0.25) is 0 Å². The summed E-state index contributed by atoms with van der Waals surface area (Å²) < 4.78 is 57.6. The second-order valence-electron chi connectivity index (χ2n) is 6.57. The molecule has 3 rings (SSSR count). The first-order chi connectivity index (χ1) is 13.7. The number of thioether (sulfide) groups is 1. The Kier molecular flexibility index (Phi) is 6.97. The average Bonchev–Trinajstić information content (AvgIpc) is 2.73. The third-order valence-corrected chi connectivity index (χ3v) is 9.09. The van der Waals surface area contributed by atoms with E-state index in [1.54, 1.807) is 24.3 Å². The summed E-state index contributed by atoms with van der Waals surface area (Å²) >= 11 is 1.41. The van der Waals surface area contributed by atoms with Crippen molar-refractivity contribution in [3.05, 3.63) is 48.2 Å². The number of benzene rings is 1.